The van der Waals surface area contributed by atoms with Gasteiger partial charge in [-0.15, -0.1) is 0 Å². The molecule has 0 bridgehead atoms. The predicted octanol–water partition coefficient (Wildman–Crippen LogP) is 2.61. The zero-order valence-electron chi connectivity index (χ0n) is 17.2. The molecule has 2 aromatic carbocycles. The Morgan fingerprint density at radius 2 is 1.90 bits per heavy atom. The monoisotopic (exact) mass is 403 g/mol. The first-order valence-corrected chi connectivity index (χ1v) is 10.1. The molecule has 3 aromatic rings. The number of rotatable bonds is 6. The van der Waals surface area contributed by atoms with Crippen molar-refractivity contribution in [3.8, 4) is 0 Å². The summed E-state index contributed by atoms with van der Waals surface area (Å²) in [5.41, 5.74) is 5.25. The van der Waals surface area contributed by atoms with Crippen LogP contribution in [0, 0.1) is 19.8 Å². The predicted molar refractivity (Wildman–Crippen MR) is 114 cm³/mol. The Kier molecular flexibility index (Phi) is 5.61. The molecule has 0 saturated carbocycles. The van der Waals surface area contributed by atoms with Crippen molar-refractivity contribution in [3.63, 3.8) is 0 Å². The molecular weight excluding hydrogens is 378 g/mol. The number of nitrogens with one attached hydrogen (secondary N) is 1. The Morgan fingerprint density at radius 3 is 2.63 bits per heavy atom. The number of carbonyl (C=O) groups is 2. The van der Waals surface area contributed by atoms with Gasteiger partial charge in [-0.2, -0.15) is 5.10 Å². The van der Waals surface area contributed by atoms with Crippen LogP contribution in [-0.2, 0) is 22.7 Å². The lowest BCUT2D eigenvalue weighted by Gasteiger charge is -2.20. The van der Waals surface area contributed by atoms with Crippen LogP contribution in [0.4, 0.5) is 5.69 Å². The fourth-order valence-corrected chi connectivity index (χ4v) is 3.74. The minimum atomic E-state index is -0.330. The van der Waals surface area contributed by atoms with E-state index < -0.39 is 0 Å². The molecular formula is C23H25N5O2. The highest BCUT2D eigenvalue weighted by Gasteiger charge is 2.35. The summed E-state index contributed by atoms with van der Waals surface area (Å²) in [5, 5.41) is 7.08. The second kappa shape index (κ2) is 8.49. The summed E-state index contributed by atoms with van der Waals surface area (Å²) < 4.78 is 1.76. The number of benzene rings is 2. The number of aryl methyl sites for hydroxylation is 1. The number of aromatic nitrogens is 3. The van der Waals surface area contributed by atoms with Crippen LogP contribution in [-0.4, -0.2) is 33.1 Å². The third-order valence-electron chi connectivity index (χ3n) is 5.66. The third kappa shape index (κ3) is 4.25. The minimum absolute atomic E-state index is 0.00122. The van der Waals surface area contributed by atoms with Gasteiger partial charge in [0.05, 0.1) is 12.5 Å². The average molecular weight is 403 g/mol. The molecule has 0 radical (unpaired) electrons. The summed E-state index contributed by atoms with van der Waals surface area (Å²) in [5.74, 6) is -0.409. The number of hydrogen-bond acceptors (Lipinski definition) is 4. The molecule has 1 atom stereocenters. The number of carbonyl (C=O) groups excluding carboxylic acids is 2. The third-order valence-corrected chi connectivity index (χ3v) is 5.66. The lowest BCUT2D eigenvalue weighted by Crippen LogP contribution is -2.32. The van der Waals surface area contributed by atoms with Gasteiger partial charge < -0.3 is 10.2 Å². The summed E-state index contributed by atoms with van der Waals surface area (Å²) in [7, 11) is 0. The van der Waals surface area contributed by atoms with Crippen LogP contribution < -0.4 is 10.2 Å². The maximum Gasteiger partial charge on any atom is 0.227 e. The van der Waals surface area contributed by atoms with Gasteiger partial charge in [0.15, 0.2) is 0 Å². The van der Waals surface area contributed by atoms with E-state index in [1.54, 1.807) is 15.9 Å². The second-order valence-corrected chi connectivity index (χ2v) is 7.75. The molecule has 1 aliphatic rings. The number of amides is 2. The summed E-state index contributed by atoms with van der Waals surface area (Å²) in [6.45, 7) is 5.56. The topological polar surface area (TPSA) is 80.1 Å². The molecule has 1 N–H and O–H groups in total. The molecule has 1 aliphatic heterocycles. The smallest absolute Gasteiger partial charge is 0.227 e. The standard InChI is InChI=1S/C23H25N5O2/c1-16-4-3-5-21(17(16)2)28-13-20(10-22(28)29)23(30)25-11-18-6-8-19(9-7-18)12-27-15-24-14-26-27/h3-9,14-15,20H,10-13H2,1-2H3,(H,25,30). The molecule has 1 unspecified atom stereocenters. The van der Waals surface area contributed by atoms with Crippen molar-refractivity contribution < 1.29 is 9.59 Å². The number of anilines is 1. The molecule has 154 valence electrons. The van der Waals surface area contributed by atoms with Crippen molar-refractivity contribution in [3.05, 3.63) is 77.4 Å². The van der Waals surface area contributed by atoms with Crippen LogP contribution in [0.3, 0.4) is 0 Å². The fourth-order valence-electron chi connectivity index (χ4n) is 3.74. The average Bonchev–Trinajstić information content (AvgIpc) is 3.39. The molecule has 0 aliphatic carbocycles. The van der Waals surface area contributed by atoms with Crippen molar-refractivity contribution in [2.24, 2.45) is 5.92 Å². The highest BCUT2D eigenvalue weighted by atomic mass is 16.2. The molecule has 30 heavy (non-hydrogen) atoms. The van der Waals surface area contributed by atoms with Gasteiger partial charge in [0.25, 0.3) is 0 Å². The zero-order valence-corrected chi connectivity index (χ0v) is 17.2. The molecule has 2 amide bonds. The van der Waals surface area contributed by atoms with Crippen molar-refractivity contribution in [2.75, 3.05) is 11.4 Å². The van der Waals surface area contributed by atoms with E-state index in [1.165, 1.54) is 6.33 Å². The summed E-state index contributed by atoms with van der Waals surface area (Å²) in [6, 6.07) is 13.9. The first-order valence-electron chi connectivity index (χ1n) is 10.1. The number of nitrogens with zero attached hydrogens (tertiary/aromatic N) is 4. The maximum absolute atomic E-state index is 12.7. The zero-order chi connectivity index (χ0) is 21.1. The fraction of sp³-hybridized carbons (Fsp3) is 0.304. The van der Waals surface area contributed by atoms with E-state index in [4.69, 9.17) is 0 Å². The van der Waals surface area contributed by atoms with E-state index in [0.717, 1.165) is 27.9 Å². The van der Waals surface area contributed by atoms with E-state index >= 15 is 0 Å². The van der Waals surface area contributed by atoms with Crippen LogP contribution in [0.1, 0.15) is 28.7 Å². The van der Waals surface area contributed by atoms with Crippen LogP contribution in [0.2, 0.25) is 0 Å². The molecule has 2 heterocycles. The van der Waals surface area contributed by atoms with Crippen molar-refractivity contribution in [1.29, 1.82) is 0 Å². The lowest BCUT2D eigenvalue weighted by molar-refractivity contribution is -0.126. The van der Waals surface area contributed by atoms with Crippen LogP contribution >= 0.6 is 0 Å². The summed E-state index contributed by atoms with van der Waals surface area (Å²) >= 11 is 0. The van der Waals surface area contributed by atoms with Crippen molar-refractivity contribution in [2.45, 2.75) is 33.4 Å². The Morgan fingerprint density at radius 1 is 1.13 bits per heavy atom. The van der Waals surface area contributed by atoms with Gasteiger partial charge in [-0.3, -0.25) is 9.59 Å². The van der Waals surface area contributed by atoms with E-state index in [1.807, 2.05) is 56.3 Å². The van der Waals surface area contributed by atoms with Crippen LogP contribution in [0.15, 0.2) is 55.1 Å². The van der Waals surface area contributed by atoms with Gasteiger partial charge in [-0.1, -0.05) is 36.4 Å². The van der Waals surface area contributed by atoms with Crippen LogP contribution in [0.25, 0.3) is 0 Å². The van der Waals surface area contributed by atoms with Gasteiger partial charge in [-0.25, -0.2) is 9.67 Å². The minimum Gasteiger partial charge on any atom is -0.352 e. The molecule has 1 aromatic heterocycles. The first-order chi connectivity index (χ1) is 14.5. The Balaban J connectivity index is 1.33. The Bertz CT molecular complexity index is 1040. The van der Waals surface area contributed by atoms with E-state index in [0.29, 0.717) is 19.6 Å². The molecule has 7 heteroatoms. The summed E-state index contributed by atoms with van der Waals surface area (Å²) in [4.78, 5) is 30.9. The van der Waals surface area contributed by atoms with Crippen LogP contribution in [0.5, 0.6) is 0 Å². The van der Waals surface area contributed by atoms with Gasteiger partial charge >= 0.3 is 0 Å². The molecule has 4 rings (SSSR count). The second-order valence-electron chi connectivity index (χ2n) is 7.75. The maximum atomic E-state index is 12.7. The number of hydrogen-bond donors (Lipinski definition) is 1. The Labute approximate surface area is 175 Å². The van der Waals surface area contributed by atoms with E-state index in [2.05, 4.69) is 15.4 Å². The largest absolute Gasteiger partial charge is 0.352 e. The van der Waals surface area contributed by atoms with Crippen molar-refractivity contribution in [1.82, 2.24) is 20.1 Å². The molecule has 1 fully saturated rings. The molecule has 7 nitrogen and oxygen atoms in total. The normalized spacial score (nSPS) is 16.1. The van der Waals surface area contributed by atoms with Gasteiger partial charge in [0, 0.05) is 25.2 Å². The van der Waals surface area contributed by atoms with Gasteiger partial charge in [0.1, 0.15) is 12.7 Å². The highest BCUT2D eigenvalue weighted by molar-refractivity contribution is 6.00. The highest BCUT2D eigenvalue weighted by Crippen LogP contribution is 2.29. The van der Waals surface area contributed by atoms with Crippen molar-refractivity contribution >= 4 is 17.5 Å². The van der Waals surface area contributed by atoms with E-state index in [9.17, 15) is 9.59 Å². The van der Waals surface area contributed by atoms with Gasteiger partial charge in [0.2, 0.25) is 11.8 Å². The van der Waals surface area contributed by atoms with E-state index in [-0.39, 0.29) is 24.2 Å². The summed E-state index contributed by atoms with van der Waals surface area (Å²) in [6.07, 6.45) is 3.44. The molecule has 1 saturated heterocycles. The Hall–Kier alpha value is -3.48. The molecule has 0 spiro atoms. The SMILES string of the molecule is Cc1cccc(N2CC(C(=O)NCc3ccc(Cn4cncn4)cc3)CC2=O)c1C. The van der Waals surface area contributed by atoms with Gasteiger partial charge in [-0.05, 0) is 42.2 Å². The first kappa shape index (κ1) is 19.8. The lowest BCUT2D eigenvalue weighted by atomic mass is 10.1. The quantitative estimate of drug-likeness (QED) is 0.686.